The van der Waals surface area contributed by atoms with Gasteiger partial charge in [0.25, 0.3) is 0 Å². The Morgan fingerprint density at radius 2 is 2.00 bits per heavy atom. The monoisotopic (exact) mass is 216 g/mol. The molecule has 0 aliphatic rings. The summed E-state index contributed by atoms with van der Waals surface area (Å²) in [7, 11) is 0. The number of hydrogen-bond donors (Lipinski definition) is 1. The molecule has 1 aromatic rings. The number of ether oxygens (including phenoxy) is 1. The number of carbonyl (C=O) groups is 1. The SMILES string of the molecule is Cc1ccccc1C(OC(F)F)C(=O)O. The van der Waals surface area contributed by atoms with Crippen molar-refractivity contribution in [3.05, 3.63) is 35.4 Å². The van der Waals surface area contributed by atoms with Crippen molar-refractivity contribution < 1.29 is 23.4 Å². The summed E-state index contributed by atoms with van der Waals surface area (Å²) in [6.45, 7) is -1.47. The Morgan fingerprint density at radius 1 is 1.40 bits per heavy atom. The summed E-state index contributed by atoms with van der Waals surface area (Å²) >= 11 is 0. The smallest absolute Gasteiger partial charge is 0.346 e. The fourth-order valence-corrected chi connectivity index (χ4v) is 1.25. The Labute approximate surface area is 85.3 Å². The third-order valence-electron chi connectivity index (χ3n) is 1.93. The highest BCUT2D eigenvalue weighted by Gasteiger charge is 2.25. The Kier molecular flexibility index (Phi) is 3.74. The molecule has 0 saturated heterocycles. The predicted molar refractivity (Wildman–Crippen MR) is 48.6 cm³/mol. The lowest BCUT2D eigenvalue weighted by atomic mass is 10.0. The van der Waals surface area contributed by atoms with Crippen LogP contribution in [0.2, 0.25) is 0 Å². The molecule has 0 fully saturated rings. The van der Waals surface area contributed by atoms with E-state index in [0.29, 0.717) is 5.56 Å². The molecule has 0 aromatic heterocycles. The molecule has 1 N–H and O–H groups in total. The molecule has 5 heteroatoms. The molecule has 3 nitrogen and oxygen atoms in total. The van der Waals surface area contributed by atoms with Crippen LogP contribution in [-0.4, -0.2) is 17.7 Å². The lowest BCUT2D eigenvalue weighted by molar-refractivity contribution is -0.188. The van der Waals surface area contributed by atoms with Crippen molar-refractivity contribution in [2.75, 3.05) is 0 Å². The summed E-state index contributed by atoms with van der Waals surface area (Å²) in [5.74, 6) is -1.43. The molecule has 0 amide bonds. The average Bonchev–Trinajstić information content (AvgIpc) is 2.15. The van der Waals surface area contributed by atoms with Gasteiger partial charge in [-0.3, -0.25) is 0 Å². The van der Waals surface area contributed by atoms with E-state index in [4.69, 9.17) is 5.11 Å². The third-order valence-corrected chi connectivity index (χ3v) is 1.93. The summed E-state index contributed by atoms with van der Waals surface area (Å²) < 4.78 is 28.0. The zero-order valence-electron chi connectivity index (χ0n) is 7.98. The van der Waals surface area contributed by atoms with Crippen LogP contribution in [0.25, 0.3) is 0 Å². The third kappa shape index (κ3) is 2.99. The van der Waals surface area contributed by atoms with Gasteiger partial charge in [-0.05, 0) is 18.1 Å². The molecule has 1 unspecified atom stereocenters. The molecule has 0 aliphatic carbocycles. The van der Waals surface area contributed by atoms with Crippen LogP contribution in [0.3, 0.4) is 0 Å². The van der Waals surface area contributed by atoms with Gasteiger partial charge in [0.1, 0.15) is 0 Å². The molecular formula is C10H10F2O3. The molecule has 0 heterocycles. The average molecular weight is 216 g/mol. The summed E-state index contributed by atoms with van der Waals surface area (Å²) in [6, 6.07) is 6.36. The molecule has 0 aliphatic heterocycles. The van der Waals surface area contributed by atoms with Gasteiger partial charge in [-0.25, -0.2) is 4.79 Å². The van der Waals surface area contributed by atoms with E-state index in [1.165, 1.54) is 6.07 Å². The number of carboxylic acids is 1. The van der Waals surface area contributed by atoms with Gasteiger partial charge in [0.05, 0.1) is 0 Å². The fraction of sp³-hybridized carbons (Fsp3) is 0.300. The zero-order chi connectivity index (χ0) is 11.4. The van der Waals surface area contributed by atoms with E-state index in [-0.39, 0.29) is 5.56 Å². The number of rotatable bonds is 4. The lowest BCUT2D eigenvalue weighted by Crippen LogP contribution is -2.18. The van der Waals surface area contributed by atoms with Crippen LogP contribution < -0.4 is 0 Å². The number of halogens is 2. The van der Waals surface area contributed by atoms with Crippen molar-refractivity contribution in [3.8, 4) is 0 Å². The van der Waals surface area contributed by atoms with Crippen LogP contribution in [-0.2, 0) is 9.53 Å². The van der Waals surface area contributed by atoms with Gasteiger partial charge in [0, 0.05) is 0 Å². The topological polar surface area (TPSA) is 46.5 Å². The molecule has 0 spiro atoms. The molecule has 0 radical (unpaired) electrons. The lowest BCUT2D eigenvalue weighted by Gasteiger charge is -2.15. The number of benzene rings is 1. The van der Waals surface area contributed by atoms with Gasteiger partial charge in [0.2, 0.25) is 0 Å². The first kappa shape index (κ1) is 11.6. The second-order valence-corrected chi connectivity index (χ2v) is 2.97. The summed E-state index contributed by atoms with van der Waals surface area (Å²) in [6.07, 6.45) is -1.62. The quantitative estimate of drug-likeness (QED) is 0.840. The maximum Gasteiger partial charge on any atom is 0.346 e. The van der Waals surface area contributed by atoms with Gasteiger partial charge in [0.15, 0.2) is 6.10 Å². The molecule has 1 rings (SSSR count). The molecule has 1 aromatic carbocycles. The number of hydrogen-bond acceptors (Lipinski definition) is 2. The second kappa shape index (κ2) is 4.84. The van der Waals surface area contributed by atoms with Crippen molar-refractivity contribution >= 4 is 5.97 Å². The number of aliphatic carboxylic acids is 1. The van der Waals surface area contributed by atoms with E-state index in [2.05, 4.69) is 4.74 Å². The Balaban J connectivity index is 2.99. The van der Waals surface area contributed by atoms with Crippen LogP contribution in [0, 0.1) is 6.92 Å². The highest BCUT2D eigenvalue weighted by atomic mass is 19.3. The molecular weight excluding hydrogens is 206 g/mol. The van der Waals surface area contributed by atoms with Crippen molar-refractivity contribution in [2.24, 2.45) is 0 Å². The fourth-order valence-electron chi connectivity index (χ4n) is 1.25. The standard InChI is InChI=1S/C10H10F2O3/c1-6-4-2-3-5-7(6)8(9(13)14)15-10(11)12/h2-5,8,10H,1H3,(H,13,14). The minimum Gasteiger partial charge on any atom is -0.479 e. The minimum atomic E-state index is -3.11. The second-order valence-electron chi connectivity index (χ2n) is 2.97. The van der Waals surface area contributed by atoms with Crippen LogP contribution in [0.15, 0.2) is 24.3 Å². The Hall–Kier alpha value is -1.49. The summed E-state index contributed by atoms with van der Waals surface area (Å²) in [5.41, 5.74) is 0.843. The van der Waals surface area contributed by atoms with Crippen LogP contribution >= 0.6 is 0 Å². The molecule has 15 heavy (non-hydrogen) atoms. The zero-order valence-corrected chi connectivity index (χ0v) is 7.98. The minimum absolute atomic E-state index is 0.241. The van der Waals surface area contributed by atoms with Gasteiger partial charge in [-0.15, -0.1) is 0 Å². The van der Waals surface area contributed by atoms with Crippen molar-refractivity contribution in [1.82, 2.24) is 0 Å². The first-order valence-electron chi connectivity index (χ1n) is 4.24. The van der Waals surface area contributed by atoms with Crippen molar-refractivity contribution in [2.45, 2.75) is 19.6 Å². The Morgan fingerprint density at radius 3 is 2.47 bits per heavy atom. The molecule has 82 valence electrons. The molecule has 1 atom stereocenters. The van der Waals surface area contributed by atoms with E-state index in [1.54, 1.807) is 25.1 Å². The van der Waals surface area contributed by atoms with Crippen molar-refractivity contribution in [1.29, 1.82) is 0 Å². The highest BCUT2D eigenvalue weighted by molar-refractivity contribution is 5.74. The first-order valence-corrected chi connectivity index (χ1v) is 4.24. The van der Waals surface area contributed by atoms with Crippen LogP contribution in [0.5, 0.6) is 0 Å². The molecule has 0 saturated carbocycles. The maximum atomic E-state index is 12.0. The highest BCUT2D eigenvalue weighted by Crippen LogP contribution is 2.23. The van der Waals surface area contributed by atoms with Gasteiger partial charge >= 0.3 is 12.6 Å². The van der Waals surface area contributed by atoms with E-state index in [1.807, 2.05) is 0 Å². The van der Waals surface area contributed by atoms with E-state index in [0.717, 1.165) is 0 Å². The summed E-state index contributed by atoms with van der Waals surface area (Å²) in [4.78, 5) is 10.7. The van der Waals surface area contributed by atoms with E-state index in [9.17, 15) is 13.6 Å². The largest absolute Gasteiger partial charge is 0.479 e. The number of carboxylic acid groups (broad SMARTS) is 1. The van der Waals surface area contributed by atoms with Crippen LogP contribution in [0.4, 0.5) is 8.78 Å². The Bertz CT molecular complexity index is 352. The van der Waals surface area contributed by atoms with Crippen LogP contribution in [0.1, 0.15) is 17.2 Å². The van der Waals surface area contributed by atoms with Gasteiger partial charge in [-0.1, -0.05) is 24.3 Å². The number of aryl methyl sites for hydroxylation is 1. The van der Waals surface area contributed by atoms with Gasteiger partial charge in [-0.2, -0.15) is 8.78 Å². The maximum absolute atomic E-state index is 12.0. The normalized spacial score (nSPS) is 12.8. The first-order chi connectivity index (χ1) is 7.02. The van der Waals surface area contributed by atoms with E-state index >= 15 is 0 Å². The van der Waals surface area contributed by atoms with E-state index < -0.39 is 18.7 Å². The van der Waals surface area contributed by atoms with Crippen molar-refractivity contribution in [3.63, 3.8) is 0 Å². The number of alkyl halides is 2. The van der Waals surface area contributed by atoms with Gasteiger partial charge < -0.3 is 9.84 Å². The molecule has 0 bridgehead atoms. The summed E-state index contributed by atoms with van der Waals surface area (Å²) in [5, 5.41) is 8.74. The predicted octanol–water partition coefficient (Wildman–Crippen LogP) is 2.36.